The van der Waals surface area contributed by atoms with Crippen molar-refractivity contribution in [3.8, 4) is 5.69 Å². The van der Waals surface area contributed by atoms with Crippen molar-refractivity contribution in [3.63, 3.8) is 0 Å². The van der Waals surface area contributed by atoms with Crippen LogP contribution in [-0.2, 0) is 4.79 Å². The zero-order valence-corrected chi connectivity index (χ0v) is 20.9. The highest BCUT2D eigenvalue weighted by Crippen LogP contribution is 2.31. The van der Waals surface area contributed by atoms with Crippen molar-refractivity contribution in [3.05, 3.63) is 118 Å². The van der Waals surface area contributed by atoms with Crippen molar-refractivity contribution >= 4 is 17.3 Å². The third-order valence-corrected chi connectivity index (χ3v) is 6.86. The smallest absolute Gasteiger partial charge is 0.295 e. The Labute approximate surface area is 215 Å². The average Bonchev–Trinajstić information content (AvgIpc) is 3.27. The first-order valence-electron chi connectivity index (χ1n) is 12.4. The molecular weight excluding hydrogens is 466 g/mol. The molecule has 8 nitrogen and oxygen atoms in total. The maximum Gasteiger partial charge on any atom is 0.295 e. The second-order valence-corrected chi connectivity index (χ2v) is 9.34. The van der Waals surface area contributed by atoms with Gasteiger partial charge in [0.2, 0.25) is 5.91 Å². The van der Waals surface area contributed by atoms with Gasteiger partial charge in [-0.25, -0.2) is 4.68 Å². The first kappa shape index (κ1) is 24.2. The predicted octanol–water partition coefficient (Wildman–Crippen LogP) is 4.88. The molecule has 3 aromatic carbocycles. The van der Waals surface area contributed by atoms with Crippen LogP contribution in [0.4, 0.5) is 11.4 Å². The lowest BCUT2D eigenvalue weighted by Crippen LogP contribution is -2.50. The van der Waals surface area contributed by atoms with Crippen LogP contribution in [0.1, 0.15) is 28.4 Å². The molecule has 188 valence electrons. The average molecular weight is 496 g/mol. The zero-order valence-electron chi connectivity index (χ0n) is 20.9. The number of aromatic nitrogens is 2. The summed E-state index contributed by atoms with van der Waals surface area (Å²) in [6, 6.07) is 26.8. The van der Waals surface area contributed by atoms with E-state index in [9.17, 15) is 14.9 Å². The van der Waals surface area contributed by atoms with Crippen LogP contribution in [0.15, 0.2) is 84.9 Å². The van der Waals surface area contributed by atoms with Crippen LogP contribution in [0.25, 0.3) is 5.69 Å². The number of nitrogens with zero attached hydrogens (tertiary/aromatic N) is 5. The second kappa shape index (κ2) is 10.3. The second-order valence-electron chi connectivity index (χ2n) is 9.34. The molecule has 0 atom stereocenters. The Bertz CT molecular complexity index is 1370. The molecule has 5 rings (SSSR count). The number of benzene rings is 3. The molecular formula is C29H29N5O3. The van der Waals surface area contributed by atoms with Gasteiger partial charge >= 0.3 is 0 Å². The Morgan fingerprint density at radius 2 is 1.46 bits per heavy atom. The van der Waals surface area contributed by atoms with Crippen LogP contribution < -0.4 is 4.90 Å². The monoisotopic (exact) mass is 495 g/mol. The van der Waals surface area contributed by atoms with E-state index in [-0.39, 0.29) is 22.4 Å². The molecule has 4 aromatic rings. The molecule has 37 heavy (non-hydrogen) atoms. The topological polar surface area (TPSA) is 84.5 Å². The highest BCUT2D eigenvalue weighted by molar-refractivity contribution is 5.87. The van der Waals surface area contributed by atoms with Crippen LogP contribution in [0.5, 0.6) is 0 Å². The van der Waals surface area contributed by atoms with Crippen molar-refractivity contribution in [2.45, 2.75) is 19.8 Å². The number of hydrogen-bond acceptors (Lipinski definition) is 5. The molecule has 0 bridgehead atoms. The standard InChI is InChI=1S/C29H29N5O3/c1-21-19-22(2)33(30-21)27-20-25(13-14-26(27)34(36)37)31-15-17-32(18-16-31)29(35)28(23-9-5-3-6-10-23)24-11-7-4-8-12-24/h3-14,19-20,28H,15-18H2,1-2H3. The van der Waals surface area contributed by atoms with Gasteiger partial charge in [0.05, 0.1) is 16.5 Å². The lowest BCUT2D eigenvalue weighted by Gasteiger charge is -2.38. The van der Waals surface area contributed by atoms with Gasteiger partial charge in [0.1, 0.15) is 5.69 Å². The van der Waals surface area contributed by atoms with Gasteiger partial charge in [-0.15, -0.1) is 0 Å². The molecule has 1 aromatic heterocycles. The minimum atomic E-state index is -0.376. The number of carbonyl (C=O) groups excluding carboxylic acids is 1. The number of aryl methyl sites for hydroxylation is 2. The highest BCUT2D eigenvalue weighted by atomic mass is 16.6. The Morgan fingerprint density at radius 3 is 1.97 bits per heavy atom. The Morgan fingerprint density at radius 1 is 0.865 bits per heavy atom. The fraction of sp³-hybridized carbons (Fsp3) is 0.241. The number of nitro groups is 1. The van der Waals surface area contributed by atoms with Crippen molar-refractivity contribution in [2.75, 3.05) is 31.1 Å². The molecule has 0 N–H and O–H groups in total. The molecule has 1 amide bonds. The predicted molar refractivity (Wildman–Crippen MR) is 143 cm³/mol. The van der Waals surface area contributed by atoms with Gasteiger partial charge in [-0.2, -0.15) is 5.10 Å². The first-order chi connectivity index (χ1) is 17.9. The van der Waals surface area contributed by atoms with Crippen molar-refractivity contribution in [2.24, 2.45) is 0 Å². The summed E-state index contributed by atoms with van der Waals surface area (Å²) in [5, 5.41) is 16.2. The zero-order chi connectivity index (χ0) is 25.9. The molecule has 8 heteroatoms. The Balaban J connectivity index is 1.37. The molecule has 1 fully saturated rings. The van der Waals surface area contributed by atoms with E-state index in [0.717, 1.165) is 28.2 Å². The molecule has 1 aliphatic heterocycles. The molecule has 0 saturated carbocycles. The molecule has 0 unspecified atom stereocenters. The molecule has 1 aliphatic rings. The van der Waals surface area contributed by atoms with Crippen LogP contribution in [0, 0.1) is 24.0 Å². The number of carbonyl (C=O) groups is 1. The summed E-state index contributed by atoms with van der Waals surface area (Å²) in [7, 11) is 0. The summed E-state index contributed by atoms with van der Waals surface area (Å²) in [5.74, 6) is -0.268. The lowest BCUT2D eigenvalue weighted by atomic mass is 9.90. The molecule has 0 spiro atoms. The maximum absolute atomic E-state index is 13.8. The van der Waals surface area contributed by atoms with E-state index in [1.54, 1.807) is 16.8 Å². The normalized spacial score (nSPS) is 13.7. The minimum Gasteiger partial charge on any atom is -0.368 e. The third-order valence-electron chi connectivity index (χ3n) is 6.86. The fourth-order valence-corrected chi connectivity index (χ4v) is 5.04. The van der Waals surface area contributed by atoms with Crippen molar-refractivity contribution in [1.82, 2.24) is 14.7 Å². The first-order valence-corrected chi connectivity index (χ1v) is 12.4. The van der Waals surface area contributed by atoms with Gasteiger partial charge in [0, 0.05) is 43.6 Å². The SMILES string of the molecule is Cc1cc(C)n(-c2cc(N3CCN(C(=O)C(c4ccccc4)c4ccccc4)CC3)ccc2[N+](=O)[O-])n1. The van der Waals surface area contributed by atoms with Crippen LogP contribution in [-0.4, -0.2) is 51.7 Å². The van der Waals surface area contributed by atoms with E-state index < -0.39 is 0 Å². The number of hydrogen-bond donors (Lipinski definition) is 0. The summed E-state index contributed by atoms with van der Waals surface area (Å²) < 4.78 is 1.63. The number of nitro benzene ring substituents is 1. The number of rotatable bonds is 6. The number of anilines is 1. The summed E-state index contributed by atoms with van der Waals surface area (Å²) >= 11 is 0. The largest absolute Gasteiger partial charge is 0.368 e. The molecule has 1 saturated heterocycles. The maximum atomic E-state index is 13.8. The van der Waals surface area contributed by atoms with Gasteiger partial charge in [-0.1, -0.05) is 60.7 Å². The molecule has 2 heterocycles. The van der Waals surface area contributed by atoms with Crippen LogP contribution in [0.3, 0.4) is 0 Å². The van der Waals surface area contributed by atoms with E-state index in [1.807, 2.05) is 91.5 Å². The number of piperazine rings is 1. The van der Waals surface area contributed by atoms with Gasteiger partial charge < -0.3 is 9.80 Å². The van der Waals surface area contributed by atoms with E-state index in [1.165, 1.54) is 0 Å². The number of amides is 1. The van der Waals surface area contributed by atoms with Gasteiger partial charge in [-0.3, -0.25) is 14.9 Å². The quantitative estimate of drug-likeness (QED) is 0.281. The summed E-state index contributed by atoms with van der Waals surface area (Å²) in [5.41, 5.74) is 4.92. The third kappa shape index (κ3) is 4.95. The Kier molecular flexibility index (Phi) is 6.72. The minimum absolute atomic E-state index is 0.0114. The molecule has 0 aliphatic carbocycles. The van der Waals surface area contributed by atoms with E-state index in [4.69, 9.17) is 0 Å². The van der Waals surface area contributed by atoms with Crippen molar-refractivity contribution in [1.29, 1.82) is 0 Å². The van der Waals surface area contributed by atoms with Gasteiger partial charge in [0.15, 0.2) is 0 Å². The Hall–Kier alpha value is -4.46. The van der Waals surface area contributed by atoms with E-state index in [0.29, 0.717) is 31.9 Å². The highest BCUT2D eigenvalue weighted by Gasteiger charge is 2.30. The van der Waals surface area contributed by atoms with Gasteiger partial charge in [-0.05, 0) is 43.2 Å². The van der Waals surface area contributed by atoms with E-state index in [2.05, 4.69) is 10.00 Å². The summed E-state index contributed by atoms with van der Waals surface area (Å²) in [6.45, 7) is 6.17. The lowest BCUT2D eigenvalue weighted by molar-refractivity contribution is -0.384. The van der Waals surface area contributed by atoms with Crippen LogP contribution >= 0.6 is 0 Å². The van der Waals surface area contributed by atoms with Crippen molar-refractivity contribution < 1.29 is 9.72 Å². The fourth-order valence-electron chi connectivity index (χ4n) is 5.04. The summed E-state index contributed by atoms with van der Waals surface area (Å²) in [6.07, 6.45) is 0. The van der Waals surface area contributed by atoms with Crippen LogP contribution in [0.2, 0.25) is 0 Å². The molecule has 0 radical (unpaired) electrons. The summed E-state index contributed by atoms with van der Waals surface area (Å²) in [4.78, 5) is 29.2. The van der Waals surface area contributed by atoms with Gasteiger partial charge in [0.25, 0.3) is 5.69 Å². The van der Waals surface area contributed by atoms with E-state index >= 15 is 0 Å².